The summed E-state index contributed by atoms with van der Waals surface area (Å²) >= 11 is 6.55. The van der Waals surface area contributed by atoms with Crippen LogP contribution in [-0.2, 0) is 9.59 Å². The monoisotopic (exact) mass is 621 g/mol. The average molecular weight is 622 g/mol. The van der Waals surface area contributed by atoms with Crippen LogP contribution in [0.2, 0.25) is 5.02 Å². The van der Waals surface area contributed by atoms with Gasteiger partial charge in [-0.3, -0.25) is 9.59 Å². The van der Waals surface area contributed by atoms with Gasteiger partial charge in [0.25, 0.3) is 0 Å². The van der Waals surface area contributed by atoms with Crippen LogP contribution in [0.1, 0.15) is 20.3 Å². The Hall–Kier alpha value is -4.29. The molecule has 0 atom stereocenters. The summed E-state index contributed by atoms with van der Waals surface area (Å²) in [5, 5.41) is 10.3. The molecule has 2 aromatic carbocycles. The van der Waals surface area contributed by atoms with Crippen LogP contribution in [-0.4, -0.2) is 93.2 Å². The standard InChI is InChI=1S/C31H40ClN9O3/c1-5-29(43)38(3)27-18-22(40-12-10-33-11-13-40)6-8-25(27)35-30-24(32)20-34-31(37-30)36-26-9-7-23(19-28(26)44-4)41-16-14-39(15-17-41)21(2)42/h6-9,18-20,33H,5,10-17H2,1-4H3,(H2,34,35,36,37). The minimum atomic E-state index is -0.00192. The minimum absolute atomic E-state index is 0.00192. The van der Waals surface area contributed by atoms with Crippen LogP contribution in [0, 0.1) is 0 Å². The maximum Gasteiger partial charge on any atom is 0.229 e. The quantitative estimate of drug-likeness (QED) is 0.323. The van der Waals surface area contributed by atoms with Crippen LogP contribution in [0.15, 0.2) is 42.6 Å². The minimum Gasteiger partial charge on any atom is -0.494 e. The molecule has 2 fully saturated rings. The first-order valence-corrected chi connectivity index (χ1v) is 15.3. The number of piperazine rings is 2. The molecule has 13 heteroatoms. The number of aromatic nitrogens is 2. The fourth-order valence-electron chi connectivity index (χ4n) is 5.42. The van der Waals surface area contributed by atoms with Crippen LogP contribution in [0.3, 0.4) is 0 Å². The predicted molar refractivity (Wildman–Crippen MR) is 176 cm³/mol. The number of hydrogen-bond acceptors (Lipinski definition) is 10. The van der Waals surface area contributed by atoms with E-state index in [1.165, 1.54) is 6.20 Å². The van der Waals surface area contributed by atoms with Gasteiger partial charge in [-0.15, -0.1) is 0 Å². The molecule has 0 unspecified atom stereocenters. The first-order chi connectivity index (χ1) is 21.3. The number of anilines is 7. The van der Waals surface area contributed by atoms with Crippen LogP contribution in [0.4, 0.5) is 40.2 Å². The molecule has 2 aliphatic rings. The first kappa shape index (κ1) is 31.1. The summed E-state index contributed by atoms with van der Waals surface area (Å²) in [7, 11) is 3.40. The smallest absolute Gasteiger partial charge is 0.229 e. The average Bonchev–Trinajstić information content (AvgIpc) is 3.06. The Labute approximate surface area is 263 Å². The Morgan fingerprint density at radius 3 is 2.30 bits per heavy atom. The van der Waals surface area contributed by atoms with Crippen molar-refractivity contribution in [2.45, 2.75) is 20.3 Å². The van der Waals surface area contributed by atoms with E-state index >= 15 is 0 Å². The molecule has 2 amide bonds. The number of nitrogens with one attached hydrogen (secondary N) is 3. The number of amides is 2. The molecular formula is C31H40ClN9O3. The van der Waals surface area contributed by atoms with Crippen LogP contribution in [0.25, 0.3) is 0 Å². The number of hydrogen-bond donors (Lipinski definition) is 3. The van der Waals surface area contributed by atoms with Gasteiger partial charge in [0.2, 0.25) is 17.8 Å². The predicted octanol–water partition coefficient (Wildman–Crippen LogP) is 4.08. The van der Waals surface area contributed by atoms with E-state index in [0.717, 1.165) is 56.3 Å². The molecule has 234 valence electrons. The normalized spacial score (nSPS) is 15.2. The Bertz CT molecular complexity index is 1490. The third-order valence-electron chi connectivity index (χ3n) is 8.02. The number of benzene rings is 2. The van der Waals surface area contributed by atoms with Crippen molar-refractivity contribution in [2.24, 2.45) is 0 Å². The van der Waals surface area contributed by atoms with Crippen molar-refractivity contribution in [3.8, 4) is 5.75 Å². The zero-order valence-electron chi connectivity index (χ0n) is 25.7. The second kappa shape index (κ2) is 14.0. The second-order valence-electron chi connectivity index (χ2n) is 10.8. The van der Waals surface area contributed by atoms with Crippen molar-refractivity contribution in [3.63, 3.8) is 0 Å². The summed E-state index contributed by atoms with van der Waals surface area (Å²) in [5.74, 6) is 1.46. The molecular weight excluding hydrogens is 582 g/mol. The third-order valence-corrected chi connectivity index (χ3v) is 8.30. The lowest BCUT2D eigenvalue weighted by Gasteiger charge is -2.35. The third kappa shape index (κ3) is 7.08. The molecule has 1 aromatic heterocycles. The summed E-state index contributed by atoms with van der Waals surface area (Å²) in [6, 6.07) is 11.9. The number of ether oxygens (including phenoxy) is 1. The Kier molecular flexibility index (Phi) is 9.91. The van der Waals surface area contributed by atoms with Crippen LogP contribution < -0.4 is 35.4 Å². The highest BCUT2D eigenvalue weighted by molar-refractivity contribution is 6.33. The van der Waals surface area contributed by atoms with Gasteiger partial charge < -0.3 is 40.3 Å². The van der Waals surface area contributed by atoms with Gasteiger partial charge in [0.15, 0.2) is 5.82 Å². The second-order valence-corrected chi connectivity index (χ2v) is 11.2. The highest BCUT2D eigenvalue weighted by Crippen LogP contribution is 2.36. The van der Waals surface area contributed by atoms with E-state index in [-0.39, 0.29) is 11.8 Å². The van der Waals surface area contributed by atoms with Gasteiger partial charge in [0.1, 0.15) is 10.8 Å². The topological polar surface area (TPSA) is 118 Å². The van der Waals surface area contributed by atoms with E-state index in [2.05, 4.69) is 35.7 Å². The lowest BCUT2D eigenvalue weighted by atomic mass is 10.1. The van der Waals surface area contributed by atoms with E-state index in [9.17, 15) is 9.59 Å². The van der Waals surface area contributed by atoms with Crippen molar-refractivity contribution in [1.29, 1.82) is 0 Å². The number of halogens is 1. The molecule has 0 radical (unpaired) electrons. The van der Waals surface area contributed by atoms with Gasteiger partial charge in [-0.1, -0.05) is 18.5 Å². The largest absolute Gasteiger partial charge is 0.494 e. The molecule has 0 aliphatic carbocycles. The fraction of sp³-hybridized carbons (Fsp3) is 0.419. The van der Waals surface area contributed by atoms with Gasteiger partial charge in [-0.05, 0) is 30.3 Å². The van der Waals surface area contributed by atoms with Crippen molar-refractivity contribution in [2.75, 3.05) is 91.8 Å². The number of carbonyl (C=O) groups excluding carboxylic acids is 2. The van der Waals surface area contributed by atoms with Crippen molar-refractivity contribution < 1.29 is 14.3 Å². The van der Waals surface area contributed by atoms with E-state index < -0.39 is 0 Å². The molecule has 2 aliphatic heterocycles. The Morgan fingerprint density at radius 2 is 1.64 bits per heavy atom. The fourth-order valence-corrected chi connectivity index (χ4v) is 5.56. The number of rotatable bonds is 9. The van der Waals surface area contributed by atoms with Gasteiger partial charge >= 0.3 is 0 Å². The molecule has 44 heavy (non-hydrogen) atoms. The van der Waals surface area contributed by atoms with E-state index in [0.29, 0.717) is 53.4 Å². The number of carbonyl (C=O) groups is 2. The highest BCUT2D eigenvalue weighted by atomic mass is 35.5. The molecule has 12 nitrogen and oxygen atoms in total. The van der Waals surface area contributed by atoms with Gasteiger partial charge in [0, 0.05) is 90.2 Å². The molecule has 5 rings (SSSR count). The van der Waals surface area contributed by atoms with Crippen molar-refractivity contribution >= 4 is 63.6 Å². The Balaban J connectivity index is 1.36. The highest BCUT2D eigenvalue weighted by Gasteiger charge is 2.21. The van der Waals surface area contributed by atoms with Crippen molar-refractivity contribution in [1.82, 2.24) is 20.2 Å². The van der Waals surface area contributed by atoms with Gasteiger partial charge in [-0.2, -0.15) is 4.98 Å². The maximum absolute atomic E-state index is 12.7. The van der Waals surface area contributed by atoms with Crippen molar-refractivity contribution in [3.05, 3.63) is 47.6 Å². The lowest BCUT2D eigenvalue weighted by Crippen LogP contribution is -2.48. The summed E-state index contributed by atoms with van der Waals surface area (Å²) in [5.41, 5.74) is 4.19. The summed E-state index contributed by atoms with van der Waals surface area (Å²) in [6.45, 7) is 9.95. The molecule has 3 heterocycles. The zero-order valence-corrected chi connectivity index (χ0v) is 26.4. The molecule has 3 aromatic rings. The number of nitrogens with zero attached hydrogens (tertiary/aromatic N) is 6. The molecule has 0 bridgehead atoms. The van der Waals surface area contributed by atoms with Crippen LogP contribution in [0.5, 0.6) is 5.75 Å². The number of methoxy groups -OCH3 is 1. The summed E-state index contributed by atoms with van der Waals surface area (Å²) in [6.07, 6.45) is 1.91. The zero-order chi connectivity index (χ0) is 31.2. The Morgan fingerprint density at radius 1 is 0.977 bits per heavy atom. The molecule has 2 saturated heterocycles. The molecule has 0 saturated carbocycles. The van der Waals surface area contributed by atoms with Crippen LogP contribution >= 0.6 is 11.6 Å². The van der Waals surface area contributed by atoms with E-state index in [4.69, 9.17) is 16.3 Å². The lowest BCUT2D eigenvalue weighted by molar-refractivity contribution is -0.129. The van der Waals surface area contributed by atoms with Gasteiger partial charge in [-0.25, -0.2) is 4.98 Å². The summed E-state index contributed by atoms with van der Waals surface area (Å²) < 4.78 is 5.70. The van der Waals surface area contributed by atoms with Gasteiger partial charge in [0.05, 0.1) is 30.4 Å². The maximum atomic E-state index is 12.7. The van der Waals surface area contributed by atoms with E-state index in [1.807, 2.05) is 48.2 Å². The molecule has 0 spiro atoms. The van der Waals surface area contributed by atoms with E-state index in [1.54, 1.807) is 26.0 Å². The SMILES string of the molecule is CCC(=O)N(C)c1cc(N2CCNCC2)ccc1Nc1nc(Nc2ccc(N3CCN(C(C)=O)CC3)cc2OC)ncc1Cl. The summed E-state index contributed by atoms with van der Waals surface area (Å²) in [4.78, 5) is 41.5. The molecule has 3 N–H and O–H groups in total. The first-order valence-electron chi connectivity index (χ1n) is 14.9.